The van der Waals surface area contributed by atoms with Gasteiger partial charge in [0.15, 0.2) is 6.10 Å². The van der Waals surface area contributed by atoms with Crippen molar-refractivity contribution in [2.24, 2.45) is 0 Å². The highest BCUT2D eigenvalue weighted by Crippen LogP contribution is 2.15. The molecule has 0 radical (unpaired) electrons. The van der Waals surface area contributed by atoms with Gasteiger partial charge in [0.1, 0.15) is 13.2 Å². The van der Waals surface area contributed by atoms with Crippen LogP contribution in [0.15, 0.2) is 134 Å². The maximum absolute atomic E-state index is 12.9. The zero-order valence-corrected chi connectivity index (χ0v) is 47.1. The van der Waals surface area contributed by atoms with E-state index in [0.717, 1.165) is 122 Å². The fourth-order valence-corrected chi connectivity index (χ4v) is 7.81. The molecule has 0 aromatic heterocycles. The molecule has 0 aliphatic rings. The summed E-state index contributed by atoms with van der Waals surface area (Å²) in [6.45, 7) is 6.31. The van der Waals surface area contributed by atoms with E-state index in [1.54, 1.807) is 6.08 Å². The lowest BCUT2D eigenvalue weighted by molar-refractivity contribution is -0.166. The Morgan fingerprint density at radius 3 is 0.959 bits per heavy atom. The van der Waals surface area contributed by atoms with Crippen LogP contribution in [-0.2, 0) is 28.6 Å². The number of unbranched alkanes of at least 4 members (excludes halogenated alkanes) is 20. The molecular weight excluding hydrogens is 901 g/mol. The van der Waals surface area contributed by atoms with E-state index in [1.807, 2.05) is 6.08 Å². The van der Waals surface area contributed by atoms with Crippen LogP contribution in [0.1, 0.15) is 252 Å². The predicted octanol–water partition coefficient (Wildman–Crippen LogP) is 20.2. The van der Waals surface area contributed by atoms with Gasteiger partial charge in [0.25, 0.3) is 0 Å². The highest BCUT2D eigenvalue weighted by atomic mass is 16.6. The Balaban J connectivity index is 4.52. The largest absolute Gasteiger partial charge is 0.462 e. The van der Waals surface area contributed by atoms with Crippen LogP contribution in [0.3, 0.4) is 0 Å². The van der Waals surface area contributed by atoms with E-state index in [9.17, 15) is 14.4 Å². The summed E-state index contributed by atoms with van der Waals surface area (Å²) in [7, 11) is 0. The number of hydrogen-bond donors (Lipinski definition) is 0. The van der Waals surface area contributed by atoms with Crippen molar-refractivity contribution in [3.05, 3.63) is 134 Å². The van der Waals surface area contributed by atoms with E-state index < -0.39 is 12.1 Å². The fraction of sp³-hybridized carbons (Fsp3) is 0.627. The van der Waals surface area contributed by atoms with Crippen LogP contribution in [0.5, 0.6) is 0 Å². The summed E-state index contributed by atoms with van der Waals surface area (Å²) in [6, 6.07) is 0. The van der Waals surface area contributed by atoms with Crippen molar-refractivity contribution in [1.29, 1.82) is 0 Å². The van der Waals surface area contributed by atoms with Gasteiger partial charge in [-0.3, -0.25) is 14.4 Å². The van der Waals surface area contributed by atoms with Crippen molar-refractivity contribution in [3.63, 3.8) is 0 Å². The van der Waals surface area contributed by atoms with Gasteiger partial charge in [-0.15, -0.1) is 0 Å². The number of hydrogen-bond acceptors (Lipinski definition) is 6. The SMILES string of the molecule is CC/C=C\C/C=C\C/C=C\C/C=C\C/C=C\C/C=C\CCCCCCC(=O)OCC(COC(=O)C/C=C\C/C=C\C/C=C\C/C=C\C/C=C\CC)OC(=O)CCCCCCCCCCCCCCCCCCC. The minimum absolute atomic E-state index is 0.118. The average Bonchev–Trinajstić information content (AvgIpc) is 3.39. The van der Waals surface area contributed by atoms with E-state index >= 15 is 0 Å². The Kier molecular flexibility index (Phi) is 56.4. The molecular formula is C67H108O6. The smallest absolute Gasteiger partial charge is 0.309 e. The van der Waals surface area contributed by atoms with Gasteiger partial charge >= 0.3 is 17.9 Å². The van der Waals surface area contributed by atoms with Gasteiger partial charge < -0.3 is 14.2 Å². The van der Waals surface area contributed by atoms with E-state index in [0.29, 0.717) is 12.8 Å². The first-order valence-electron chi connectivity index (χ1n) is 29.7. The normalized spacial score (nSPS) is 13.1. The first-order chi connectivity index (χ1) is 36.0. The molecule has 0 aromatic carbocycles. The molecule has 1 unspecified atom stereocenters. The molecule has 0 amide bonds. The van der Waals surface area contributed by atoms with Gasteiger partial charge in [0, 0.05) is 12.8 Å². The first kappa shape index (κ1) is 68.6. The highest BCUT2D eigenvalue weighted by molar-refractivity contribution is 5.72. The predicted molar refractivity (Wildman–Crippen MR) is 316 cm³/mol. The summed E-state index contributed by atoms with van der Waals surface area (Å²) in [6.07, 6.45) is 84.7. The summed E-state index contributed by atoms with van der Waals surface area (Å²) in [5.41, 5.74) is 0. The molecule has 73 heavy (non-hydrogen) atoms. The monoisotopic (exact) mass is 1010 g/mol. The number of carbonyl (C=O) groups excluding carboxylic acids is 3. The van der Waals surface area contributed by atoms with Gasteiger partial charge in [0.05, 0.1) is 6.42 Å². The fourth-order valence-electron chi connectivity index (χ4n) is 7.81. The molecule has 0 N–H and O–H groups in total. The molecule has 412 valence electrons. The summed E-state index contributed by atoms with van der Waals surface area (Å²) in [4.78, 5) is 38.2. The Labute approximate surface area is 449 Å². The Hall–Kier alpha value is -4.45. The van der Waals surface area contributed by atoms with Gasteiger partial charge in [-0.25, -0.2) is 0 Å². The minimum Gasteiger partial charge on any atom is -0.462 e. The number of rotatable bonds is 52. The molecule has 0 aliphatic heterocycles. The van der Waals surface area contributed by atoms with Gasteiger partial charge in [-0.2, -0.15) is 0 Å². The van der Waals surface area contributed by atoms with Crippen LogP contribution in [0, 0.1) is 0 Å². The van der Waals surface area contributed by atoms with Crippen LogP contribution in [-0.4, -0.2) is 37.2 Å². The molecule has 0 spiro atoms. The number of esters is 3. The molecule has 0 fully saturated rings. The third kappa shape index (κ3) is 58.3. The maximum Gasteiger partial charge on any atom is 0.309 e. The molecule has 0 rings (SSSR count). The van der Waals surface area contributed by atoms with E-state index in [4.69, 9.17) is 14.2 Å². The molecule has 0 heterocycles. The number of carbonyl (C=O) groups is 3. The standard InChI is InChI=1S/C67H108O6/c1-4-7-10-13-16-19-22-25-28-30-31-32-33-34-35-37-39-42-45-48-51-54-57-60-66(69)72-63-64(62-71-65(68)59-56-53-50-47-44-41-38-27-24-21-18-15-12-9-6-3)73-67(70)61-58-55-52-49-46-43-40-36-29-26-23-20-17-14-11-8-5-2/h7,9-10,12,16,18-19,21,25,27-28,31-32,34-35,38-39,42,44,47,53,56,64H,4-6,8,11,13-15,17,20,22-24,26,29-30,33,36-37,40-41,43,45-46,48-52,54-55,57-63H2,1-3H3/b10-7-,12-9-,19-16-,21-18-,28-25-,32-31-,35-34-,38-27-,42-39-,47-44-,56-53-. The second-order valence-corrected chi connectivity index (χ2v) is 19.2. The van der Waals surface area contributed by atoms with Crippen LogP contribution in [0.25, 0.3) is 0 Å². The third-order valence-electron chi connectivity index (χ3n) is 12.2. The second-order valence-electron chi connectivity index (χ2n) is 19.2. The molecule has 6 nitrogen and oxygen atoms in total. The quantitative estimate of drug-likeness (QED) is 0.0261. The van der Waals surface area contributed by atoms with E-state index in [2.05, 4.69) is 142 Å². The zero-order chi connectivity index (χ0) is 52.9. The van der Waals surface area contributed by atoms with Crippen molar-refractivity contribution in [1.82, 2.24) is 0 Å². The average molecular weight is 1010 g/mol. The van der Waals surface area contributed by atoms with Crippen molar-refractivity contribution in [2.45, 2.75) is 258 Å². The van der Waals surface area contributed by atoms with Crippen molar-refractivity contribution in [3.8, 4) is 0 Å². The lowest BCUT2D eigenvalue weighted by Gasteiger charge is -2.18. The summed E-state index contributed by atoms with van der Waals surface area (Å²) >= 11 is 0. The van der Waals surface area contributed by atoms with Gasteiger partial charge in [-0.1, -0.05) is 270 Å². The van der Waals surface area contributed by atoms with Crippen molar-refractivity contribution in [2.75, 3.05) is 13.2 Å². The zero-order valence-electron chi connectivity index (χ0n) is 47.1. The molecule has 0 aromatic rings. The lowest BCUT2D eigenvalue weighted by atomic mass is 10.0. The van der Waals surface area contributed by atoms with Crippen molar-refractivity contribution >= 4 is 17.9 Å². The molecule has 0 bridgehead atoms. The van der Waals surface area contributed by atoms with Crippen LogP contribution >= 0.6 is 0 Å². The van der Waals surface area contributed by atoms with Gasteiger partial charge in [0.2, 0.25) is 0 Å². The summed E-state index contributed by atoms with van der Waals surface area (Å²) in [5.74, 6) is -1.08. The first-order valence-corrected chi connectivity index (χ1v) is 29.7. The maximum atomic E-state index is 12.9. The Morgan fingerprint density at radius 2 is 0.589 bits per heavy atom. The topological polar surface area (TPSA) is 78.9 Å². The highest BCUT2D eigenvalue weighted by Gasteiger charge is 2.19. The van der Waals surface area contributed by atoms with Gasteiger partial charge in [-0.05, 0) is 96.3 Å². The second kappa shape index (κ2) is 60.1. The van der Waals surface area contributed by atoms with Crippen LogP contribution in [0.4, 0.5) is 0 Å². The van der Waals surface area contributed by atoms with E-state index in [-0.39, 0.29) is 31.6 Å². The summed E-state index contributed by atoms with van der Waals surface area (Å²) in [5, 5.41) is 0. The van der Waals surface area contributed by atoms with Crippen molar-refractivity contribution < 1.29 is 28.6 Å². The lowest BCUT2D eigenvalue weighted by Crippen LogP contribution is -2.30. The Morgan fingerprint density at radius 1 is 0.301 bits per heavy atom. The molecule has 1 atom stereocenters. The van der Waals surface area contributed by atoms with Crippen LogP contribution < -0.4 is 0 Å². The Bertz CT molecular complexity index is 1580. The number of ether oxygens (including phenoxy) is 3. The molecule has 0 saturated carbocycles. The van der Waals surface area contributed by atoms with Crippen LogP contribution in [0.2, 0.25) is 0 Å². The number of allylic oxidation sites excluding steroid dienone is 21. The minimum atomic E-state index is -0.832. The third-order valence-corrected chi connectivity index (χ3v) is 12.2. The molecule has 0 saturated heterocycles. The molecule has 0 aliphatic carbocycles. The summed E-state index contributed by atoms with van der Waals surface area (Å²) < 4.78 is 16.8. The molecule has 6 heteroatoms. The van der Waals surface area contributed by atoms with E-state index in [1.165, 1.54) is 89.9 Å².